The van der Waals surface area contributed by atoms with Crippen molar-refractivity contribution in [1.82, 2.24) is 0 Å². The van der Waals surface area contributed by atoms with Gasteiger partial charge in [0.1, 0.15) is 23.2 Å². The van der Waals surface area contributed by atoms with Gasteiger partial charge in [0.15, 0.2) is 5.79 Å². The molecule has 0 amide bonds. The van der Waals surface area contributed by atoms with E-state index in [0.29, 0.717) is 29.3 Å². The van der Waals surface area contributed by atoms with Crippen LogP contribution in [0.3, 0.4) is 0 Å². The molecule has 0 unspecified atom stereocenters. The number of rotatable bonds is 9. The van der Waals surface area contributed by atoms with Crippen molar-refractivity contribution in [3.05, 3.63) is 23.3 Å². The predicted molar refractivity (Wildman–Crippen MR) is 112 cm³/mol. The number of hydrogen-bond donors (Lipinski definition) is 0. The Morgan fingerprint density at radius 3 is 2.47 bits per heavy atom. The highest BCUT2D eigenvalue weighted by Crippen LogP contribution is 2.43. The number of benzene rings is 1. The summed E-state index contributed by atoms with van der Waals surface area (Å²) in [5.74, 6) is 0.632. The van der Waals surface area contributed by atoms with Crippen molar-refractivity contribution >= 4 is 5.97 Å². The monoisotopic (exact) mass is 418 g/mol. The third kappa shape index (κ3) is 4.45. The van der Waals surface area contributed by atoms with Gasteiger partial charge in [0.2, 0.25) is 0 Å². The van der Waals surface area contributed by atoms with E-state index in [0.717, 1.165) is 56.9 Å². The summed E-state index contributed by atoms with van der Waals surface area (Å²) in [7, 11) is 3.17. The zero-order valence-corrected chi connectivity index (χ0v) is 18.4. The molecule has 0 radical (unpaired) electrons. The molecular formula is C24H34O6. The lowest BCUT2D eigenvalue weighted by molar-refractivity contribution is -0.214. The van der Waals surface area contributed by atoms with Crippen molar-refractivity contribution < 1.29 is 28.5 Å². The van der Waals surface area contributed by atoms with Crippen LogP contribution in [0.25, 0.3) is 0 Å². The molecule has 4 rings (SSSR count). The maximum atomic E-state index is 12.3. The maximum Gasteiger partial charge on any atom is 0.342 e. The van der Waals surface area contributed by atoms with E-state index in [4.69, 9.17) is 23.7 Å². The summed E-state index contributed by atoms with van der Waals surface area (Å²) >= 11 is 0. The molecule has 0 aliphatic carbocycles. The Kier molecular flexibility index (Phi) is 6.54. The Hall–Kier alpha value is -1.79. The molecule has 0 saturated carbocycles. The van der Waals surface area contributed by atoms with Gasteiger partial charge in [0.25, 0.3) is 0 Å². The van der Waals surface area contributed by atoms with Gasteiger partial charge in [-0.15, -0.1) is 0 Å². The van der Waals surface area contributed by atoms with Crippen LogP contribution in [0, 0.1) is 0 Å². The van der Waals surface area contributed by atoms with Crippen LogP contribution >= 0.6 is 0 Å². The van der Waals surface area contributed by atoms with Gasteiger partial charge in [0.05, 0.1) is 26.4 Å². The van der Waals surface area contributed by atoms with Crippen molar-refractivity contribution in [3.63, 3.8) is 0 Å². The average Bonchev–Trinajstić information content (AvgIpc) is 3.41. The summed E-state index contributed by atoms with van der Waals surface area (Å²) in [5, 5.41) is 0. The number of unbranched alkanes of at least 4 members (excludes halogenated alkanes) is 3. The lowest BCUT2D eigenvalue weighted by atomic mass is 9.98. The smallest absolute Gasteiger partial charge is 0.342 e. The van der Waals surface area contributed by atoms with Crippen molar-refractivity contribution in [1.29, 1.82) is 0 Å². The second-order valence-electron chi connectivity index (χ2n) is 8.84. The second-order valence-corrected chi connectivity index (χ2v) is 8.84. The third-order valence-electron chi connectivity index (χ3n) is 6.68. The quantitative estimate of drug-likeness (QED) is 0.399. The van der Waals surface area contributed by atoms with Crippen molar-refractivity contribution in [2.45, 2.75) is 95.2 Å². The molecule has 3 aliphatic heterocycles. The average molecular weight is 419 g/mol. The molecule has 166 valence electrons. The molecule has 30 heavy (non-hydrogen) atoms. The van der Waals surface area contributed by atoms with E-state index in [-0.39, 0.29) is 17.9 Å². The number of carbonyl (C=O) groups is 1. The molecule has 6 heteroatoms. The van der Waals surface area contributed by atoms with Gasteiger partial charge in [-0.2, -0.15) is 0 Å². The van der Waals surface area contributed by atoms with E-state index in [2.05, 4.69) is 6.92 Å². The fourth-order valence-corrected chi connectivity index (χ4v) is 5.07. The summed E-state index contributed by atoms with van der Waals surface area (Å²) < 4.78 is 28.6. The molecule has 4 atom stereocenters. The Morgan fingerprint density at radius 2 is 1.77 bits per heavy atom. The van der Waals surface area contributed by atoms with Crippen LogP contribution in [0.15, 0.2) is 12.1 Å². The molecule has 0 aromatic heterocycles. The molecule has 3 aliphatic rings. The van der Waals surface area contributed by atoms with Crippen LogP contribution in [-0.4, -0.2) is 38.2 Å². The number of methoxy groups -OCH3 is 2. The summed E-state index contributed by atoms with van der Waals surface area (Å²) in [6.07, 6.45) is 11.2. The Labute approximate surface area is 179 Å². The Morgan fingerprint density at radius 1 is 1.00 bits per heavy atom. The molecule has 1 aromatic rings. The first kappa shape index (κ1) is 21.4. The molecule has 3 heterocycles. The molecular weight excluding hydrogens is 384 g/mol. The van der Waals surface area contributed by atoms with Gasteiger partial charge < -0.3 is 23.7 Å². The van der Waals surface area contributed by atoms with E-state index in [9.17, 15) is 4.79 Å². The fraction of sp³-hybridized carbons (Fsp3) is 0.708. The first-order valence-electron chi connectivity index (χ1n) is 11.4. The summed E-state index contributed by atoms with van der Waals surface area (Å²) in [6.45, 7) is 2.14. The molecule has 0 bridgehead atoms. The van der Waals surface area contributed by atoms with Gasteiger partial charge in [-0.1, -0.05) is 19.3 Å². The molecule has 6 nitrogen and oxygen atoms in total. The van der Waals surface area contributed by atoms with Crippen molar-refractivity contribution in [3.8, 4) is 11.5 Å². The Balaban J connectivity index is 1.19. The van der Waals surface area contributed by atoms with Crippen LogP contribution in [0.5, 0.6) is 11.5 Å². The molecule has 2 fully saturated rings. The molecule has 0 N–H and O–H groups in total. The van der Waals surface area contributed by atoms with E-state index in [1.165, 1.54) is 12.8 Å². The lowest BCUT2D eigenvalue weighted by Crippen LogP contribution is -2.28. The van der Waals surface area contributed by atoms with E-state index >= 15 is 0 Å². The van der Waals surface area contributed by atoms with Crippen molar-refractivity contribution in [2.75, 3.05) is 14.2 Å². The minimum Gasteiger partial charge on any atom is -0.497 e. The maximum absolute atomic E-state index is 12.3. The first-order chi connectivity index (χ1) is 14.5. The first-order valence-corrected chi connectivity index (χ1v) is 11.4. The number of fused-ring (bicyclic) bond motifs is 1. The number of carbonyl (C=O) groups excluding carboxylic acids is 1. The standard InChI is InChI=1S/C24H34O6/c1-16-10-12-24(29-16)13-11-17(30-24)8-6-4-5-7-9-20-19-14-18(26-2)15-21(27-3)22(19)23(25)28-20/h14-17,20H,4-13H2,1-3H3/t16-,17-,20+,24-/m0/s1. The van der Waals surface area contributed by atoms with Gasteiger partial charge in [-0.05, 0) is 45.1 Å². The van der Waals surface area contributed by atoms with Crippen LogP contribution in [0.1, 0.15) is 93.2 Å². The van der Waals surface area contributed by atoms with Gasteiger partial charge >= 0.3 is 5.97 Å². The SMILES string of the molecule is COc1cc(OC)c2c(c1)[C@@H](CCCCCC[C@H]1CC[C@]3(CC[C@H](C)O3)O1)OC2=O. The topological polar surface area (TPSA) is 63.2 Å². The Bertz CT molecular complexity index is 762. The van der Waals surface area contributed by atoms with Gasteiger partial charge in [-0.3, -0.25) is 0 Å². The van der Waals surface area contributed by atoms with Gasteiger partial charge in [0, 0.05) is 24.5 Å². The van der Waals surface area contributed by atoms with E-state index < -0.39 is 0 Å². The molecule has 1 spiro atoms. The van der Waals surface area contributed by atoms with Crippen LogP contribution in [0.2, 0.25) is 0 Å². The summed E-state index contributed by atoms with van der Waals surface area (Å²) in [4.78, 5) is 12.3. The van der Waals surface area contributed by atoms with Crippen LogP contribution in [0.4, 0.5) is 0 Å². The van der Waals surface area contributed by atoms with Gasteiger partial charge in [-0.25, -0.2) is 4.79 Å². The highest BCUT2D eigenvalue weighted by atomic mass is 16.7. The van der Waals surface area contributed by atoms with Crippen LogP contribution in [-0.2, 0) is 14.2 Å². The molecule has 2 saturated heterocycles. The minimum absolute atomic E-state index is 0.212. The van der Waals surface area contributed by atoms with E-state index in [1.807, 2.05) is 6.07 Å². The highest BCUT2D eigenvalue weighted by molar-refractivity contribution is 5.97. The molecule has 1 aromatic carbocycles. The van der Waals surface area contributed by atoms with E-state index in [1.54, 1.807) is 20.3 Å². The van der Waals surface area contributed by atoms with Crippen LogP contribution < -0.4 is 9.47 Å². The summed E-state index contributed by atoms with van der Waals surface area (Å²) in [5.41, 5.74) is 1.42. The third-order valence-corrected chi connectivity index (χ3v) is 6.68. The second kappa shape index (κ2) is 9.15. The lowest BCUT2D eigenvalue weighted by Gasteiger charge is -2.24. The zero-order valence-electron chi connectivity index (χ0n) is 18.4. The largest absolute Gasteiger partial charge is 0.497 e. The zero-order chi connectivity index (χ0) is 21.1. The highest BCUT2D eigenvalue weighted by Gasteiger charge is 2.45. The predicted octanol–water partition coefficient (Wildman–Crippen LogP) is 5.33. The number of ether oxygens (including phenoxy) is 5. The number of cyclic esters (lactones) is 1. The number of esters is 1. The summed E-state index contributed by atoms with van der Waals surface area (Å²) in [6, 6.07) is 3.63. The fourth-order valence-electron chi connectivity index (χ4n) is 5.07. The number of hydrogen-bond acceptors (Lipinski definition) is 6. The normalized spacial score (nSPS) is 30.0. The minimum atomic E-state index is -0.301. The van der Waals surface area contributed by atoms with Crippen molar-refractivity contribution in [2.24, 2.45) is 0 Å².